The van der Waals surface area contributed by atoms with Gasteiger partial charge in [-0.2, -0.15) is 5.10 Å². The molecule has 0 spiro atoms. The molecule has 1 amide bonds. The van der Waals surface area contributed by atoms with E-state index in [1.807, 2.05) is 44.2 Å². The monoisotopic (exact) mass is 562 g/mol. The van der Waals surface area contributed by atoms with Crippen molar-refractivity contribution in [2.75, 3.05) is 19.0 Å². The van der Waals surface area contributed by atoms with Crippen molar-refractivity contribution in [2.45, 2.75) is 33.5 Å². The van der Waals surface area contributed by atoms with Gasteiger partial charge in [-0.05, 0) is 49.2 Å². The van der Waals surface area contributed by atoms with Crippen molar-refractivity contribution in [3.8, 4) is 5.75 Å². The van der Waals surface area contributed by atoms with Crippen molar-refractivity contribution in [2.24, 2.45) is 4.99 Å². The Bertz CT molecular complexity index is 1050. The largest absolute Gasteiger partial charge is 0.496 e. The first kappa shape index (κ1) is 26.2. The van der Waals surface area contributed by atoms with Gasteiger partial charge < -0.3 is 20.7 Å². The lowest BCUT2D eigenvalue weighted by Crippen LogP contribution is -2.36. The summed E-state index contributed by atoms with van der Waals surface area (Å²) in [6.07, 6.45) is 3.41. The van der Waals surface area contributed by atoms with Gasteiger partial charge >= 0.3 is 0 Å². The molecule has 1 heterocycles. The number of hydrogen-bond acceptors (Lipinski definition) is 4. The van der Waals surface area contributed by atoms with E-state index in [9.17, 15) is 4.79 Å². The molecule has 0 radical (unpaired) electrons. The van der Waals surface area contributed by atoms with E-state index < -0.39 is 0 Å². The number of nitrogens with one attached hydrogen (secondary N) is 3. The summed E-state index contributed by atoms with van der Waals surface area (Å²) < 4.78 is 7.07. The van der Waals surface area contributed by atoms with Crippen LogP contribution in [-0.2, 0) is 24.4 Å². The minimum absolute atomic E-state index is 0. The molecule has 0 bridgehead atoms. The van der Waals surface area contributed by atoms with Crippen molar-refractivity contribution in [3.05, 3.63) is 77.6 Å². The van der Waals surface area contributed by atoms with Crippen LogP contribution in [-0.4, -0.2) is 35.3 Å². The van der Waals surface area contributed by atoms with Gasteiger partial charge in [-0.3, -0.25) is 9.48 Å². The fraction of sp³-hybridized carbons (Fsp3) is 0.292. The maximum Gasteiger partial charge on any atom is 0.246 e. The summed E-state index contributed by atoms with van der Waals surface area (Å²) >= 11 is 0. The maximum atomic E-state index is 12.2. The van der Waals surface area contributed by atoms with Gasteiger partial charge in [-0.1, -0.05) is 24.3 Å². The minimum atomic E-state index is -0.128. The van der Waals surface area contributed by atoms with Crippen LogP contribution in [0.25, 0.3) is 0 Å². The van der Waals surface area contributed by atoms with Gasteiger partial charge in [0.2, 0.25) is 5.91 Å². The first-order valence-electron chi connectivity index (χ1n) is 10.6. The van der Waals surface area contributed by atoms with Crippen molar-refractivity contribution in [1.29, 1.82) is 0 Å². The van der Waals surface area contributed by atoms with Gasteiger partial charge in [0.1, 0.15) is 12.3 Å². The maximum absolute atomic E-state index is 12.2. The summed E-state index contributed by atoms with van der Waals surface area (Å²) in [6.45, 7) is 6.06. The Hall–Kier alpha value is -3.08. The number of nitrogens with zero attached hydrogens (tertiary/aromatic N) is 3. The molecule has 8 nitrogen and oxygen atoms in total. The summed E-state index contributed by atoms with van der Waals surface area (Å²) in [5, 5.41) is 13.6. The minimum Gasteiger partial charge on any atom is -0.496 e. The normalized spacial score (nSPS) is 10.8. The zero-order valence-corrected chi connectivity index (χ0v) is 21.5. The highest BCUT2D eigenvalue weighted by molar-refractivity contribution is 14.0. The number of aliphatic imine (C=N–C) groups is 1. The highest BCUT2D eigenvalue weighted by atomic mass is 127. The summed E-state index contributed by atoms with van der Waals surface area (Å²) in [5.41, 5.74) is 3.94. The van der Waals surface area contributed by atoms with Crippen molar-refractivity contribution < 1.29 is 9.53 Å². The van der Waals surface area contributed by atoms with Gasteiger partial charge in [0.05, 0.1) is 13.7 Å². The number of anilines is 1. The molecule has 9 heteroatoms. The Morgan fingerprint density at radius 1 is 1.15 bits per heavy atom. The van der Waals surface area contributed by atoms with Crippen LogP contribution in [0.15, 0.2) is 65.9 Å². The van der Waals surface area contributed by atoms with Crippen LogP contribution >= 0.6 is 24.0 Å². The predicted molar refractivity (Wildman–Crippen MR) is 142 cm³/mol. The van der Waals surface area contributed by atoms with Gasteiger partial charge in [-0.15, -0.1) is 24.0 Å². The molecule has 0 unspecified atom stereocenters. The van der Waals surface area contributed by atoms with Gasteiger partial charge in [0, 0.05) is 36.7 Å². The molecule has 33 heavy (non-hydrogen) atoms. The first-order valence-corrected chi connectivity index (χ1v) is 10.6. The lowest BCUT2D eigenvalue weighted by Gasteiger charge is -2.14. The zero-order chi connectivity index (χ0) is 22.8. The molecule has 176 valence electrons. The van der Waals surface area contributed by atoms with Crippen molar-refractivity contribution >= 4 is 41.5 Å². The number of rotatable bonds is 9. The number of amides is 1. The smallest absolute Gasteiger partial charge is 0.246 e. The van der Waals surface area contributed by atoms with E-state index in [4.69, 9.17) is 4.74 Å². The second kappa shape index (κ2) is 13.5. The summed E-state index contributed by atoms with van der Waals surface area (Å²) in [5.74, 6) is 1.44. The molecule has 3 rings (SSSR count). The highest BCUT2D eigenvalue weighted by Gasteiger charge is 2.06. The molecular formula is C24H31IN6O2. The fourth-order valence-electron chi connectivity index (χ4n) is 3.18. The van der Waals surface area contributed by atoms with E-state index in [0.717, 1.165) is 34.7 Å². The number of methoxy groups -OCH3 is 1. The SMILES string of the molecule is CCNC(=NCc1cccc(NC(=O)Cn2cccn2)c1)NCc1ccc(C)cc1OC.I. The topological polar surface area (TPSA) is 92.6 Å². The van der Waals surface area contributed by atoms with E-state index in [1.165, 1.54) is 0 Å². The van der Waals surface area contributed by atoms with E-state index in [1.54, 1.807) is 30.3 Å². The summed E-state index contributed by atoms with van der Waals surface area (Å²) in [6, 6.07) is 15.6. The quantitative estimate of drug-likeness (QED) is 0.210. The van der Waals surface area contributed by atoms with E-state index in [-0.39, 0.29) is 36.4 Å². The number of aromatic nitrogens is 2. The fourth-order valence-corrected chi connectivity index (χ4v) is 3.18. The molecule has 0 fully saturated rings. The van der Waals surface area contributed by atoms with E-state index in [2.05, 4.69) is 38.2 Å². The molecule has 3 aromatic rings. The molecule has 0 aliphatic rings. The third-order valence-corrected chi connectivity index (χ3v) is 4.73. The Labute approximate surface area is 211 Å². The van der Waals surface area contributed by atoms with Crippen LogP contribution in [0.3, 0.4) is 0 Å². The first-order chi connectivity index (χ1) is 15.6. The van der Waals surface area contributed by atoms with E-state index in [0.29, 0.717) is 19.0 Å². The number of halogens is 1. The Balaban J connectivity index is 0.00000385. The second-order valence-electron chi connectivity index (χ2n) is 7.32. The molecule has 3 N–H and O–H groups in total. The van der Waals surface area contributed by atoms with Crippen molar-refractivity contribution in [3.63, 3.8) is 0 Å². The van der Waals surface area contributed by atoms with Crippen LogP contribution in [0, 0.1) is 6.92 Å². The summed E-state index contributed by atoms with van der Waals surface area (Å²) in [7, 11) is 1.68. The Kier molecular flexibility index (Phi) is 10.7. The number of carbonyl (C=O) groups excluding carboxylic acids is 1. The van der Waals surface area contributed by atoms with Crippen LogP contribution in [0.5, 0.6) is 5.75 Å². The van der Waals surface area contributed by atoms with Gasteiger partial charge in [-0.25, -0.2) is 4.99 Å². The molecule has 0 aliphatic carbocycles. The van der Waals surface area contributed by atoms with Crippen molar-refractivity contribution in [1.82, 2.24) is 20.4 Å². The Morgan fingerprint density at radius 3 is 2.73 bits per heavy atom. The van der Waals surface area contributed by atoms with E-state index >= 15 is 0 Å². The Morgan fingerprint density at radius 2 is 2.00 bits per heavy atom. The average Bonchev–Trinajstić information content (AvgIpc) is 3.29. The number of hydrogen-bond donors (Lipinski definition) is 3. The number of ether oxygens (including phenoxy) is 1. The van der Waals surface area contributed by atoms with Crippen LogP contribution in [0.1, 0.15) is 23.6 Å². The molecule has 0 aliphatic heterocycles. The molecule has 0 saturated carbocycles. The summed E-state index contributed by atoms with van der Waals surface area (Å²) in [4.78, 5) is 16.9. The number of benzene rings is 2. The zero-order valence-electron chi connectivity index (χ0n) is 19.2. The van der Waals surface area contributed by atoms with Crippen LogP contribution in [0.2, 0.25) is 0 Å². The lowest BCUT2D eigenvalue weighted by atomic mass is 10.1. The number of carbonyl (C=O) groups is 1. The van der Waals surface area contributed by atoms with Gasteiger partial charge in [0.15, 0.2) is 5.96 Å². The molecule has 2 aromatic carbocycles. The number of aryl methyl sites for hydroxylation is 1. The molecular weight excluding hydrogens is 531 g/mol. The average molecular weight is 562 g/mol. The van der Waals surface area contributed by atoms with Gasteiger partial charge in [0.25, 0.3) is 0 Å². The second-order valence-corrected chi connectivity index (χ2v) is 7.32. The lowest BCUT2D eigenvalue weighted by molar-refractivity contribution is -0.116. The standard InChI is InChI=1S/C24H30N6O2.HI/c1-4-25-24(27-16-20-10-9-18(2)13-22(20)32-3)26-15-19-7-5-8-21(14-19)29-23(31)17-30-12-6-11-28-30;/h5-14H,4,15-17H2,1-3H3,(H,29,31)(H2,25,26,27);1H. The molecule has 1 aromatic heterocycles. The predicted octanol–water partition coefficient (Wildman–Crippen LogP) is 3.71. The third-order valence-electron chi connectivity index (χ3n) is 4.73. The molecule has 0 saturated heterocycles. The third kappa shape index (κ3) is 8.41. The molecule has 0 atom stereocenters. The number of guanidine groups is 1. The highest BCUT2D eigenvalue weighted by Crippen LogP contribution is 2.19. The van der Waals surface area contributed by atoms with Crippen LogP contribution < -0.4 is 20.7 Å². The van der Waals surface area contributed by atoms with Crippen LogP contribution in [0.4, 0.5) is 5.69 Å².